The molecule has 0 saturated carbocycles. The number of nitrogens with zero attached hydrogens (tertiary/aromatic N) is 4. The van der Waals surface area contributed by atoms with Crippen LogP contribution in [0.5, 0.6) is 0 Å². The van der Waals surface area contributed by atoms with Gasteiger partial charge in [-0.15, -0.1) is 9.42 Å². The van der Waals surface area contributed by atoms with Crippen LogP contribution in [-0.4, -0.2) is 60.5 Å². The summed E-state index contributed by atoms with van der Waals surface area (Å²) in [5, 5.41) is 12.4. The molecule has 3 rings (SSSR count). The third kappa shape index (κ3) is 3.46. The number of aromatic nitrogens is 4. The van der Waals surface area contributed by atoms with E-state index in [2.05, 4.69) is 24.8 Å². The number of fused-ring (bicyclic) bond motifs is 1. The molecule has 0 radical (unpaired) electrons. The molecule has 10 nitrogen and oxygen atoms in total. The predicted octanol–water partition coefficient (Wildman–Crippen LogP) is 0.909. The summed E-state index contributed by atoms with van der Waals surface area (Å²) in [5.41, 5.74) is 0.765. The summed E-state index contributed by atoms with van der Waals surface area (Å²) in [7, 11) is -3.04. The minimum absolute atomic E-state index is 0.109. The predicted molar refractivity (Wildman–Crippen MR) is 84.7 cm³/mol. The normalized spacial score (nSPS) is 27.2. The summed E-state index contributed by atoms with van der Waals surface area (Å²) >= 11 is 0. The van der Waals surface area contributed by atoms with E-state index in [4.69, 9.17) is 9.63 Å². The van der Waals surface area contributed by atoms with Crippen molar-refractivity contribution in [3.8, 4) is 0 Å². The highest BCUT2D eigenvalue weighted by atomic mass is 31.1. The molecule has 12 heteroatoms. The van der Waals surface area contributed by atoms with Gasteiger partial charge in [0.05, 0.1) is 12.9 Å². The van der Waals surface area contributed by atoms with Crippen molar-refractivity contribution in [2.75, 3.05) is 11.9 Å². The molecule has 0 aliphatic carbocycles. The lowest BCUT2D eigenvalue weighted by Crippen LogP contribution is -2.32. The molecule has 25 heavy (non-hydrogen) atoms. The number of ether oxygens (including phenoxy) is 1. The number of aliphatic hydroxyl groups excluding tert-OH is 1. The molecule has 0 amide bonds. The Bertz CT molecular complexity index is 774. The van der Waals surface area contributed by atoms with Gasteiger partial charge in [0.1, 0.15) is 12.4 Å². The van der Waals surface area contributed by atoms with Crippen LogP contribution in [0.4, 0.5) is 10.2 Å². The van der Waals surface area contributed by atoms with Crippen molar-refractivity contribution in [3.05, 3.63) is 12.7 Å². The van der Waals surface area contributed by atoms with Gasteiger partial charge in [-0.05, 0) is 13.8 Å². The molecule has 136 valence electrons. The fraction of sp³-hybridized carbons (Fsp3) is 0.615. The van der Waals surface area contributed by atoms with E-state index in [1.807, 2.05) is 13.8 Å². The molecule has 0 aromatic carbocycles. The minimum Gasteiger partial charge on any atom is -0.394 e. The van der Waals surface area contributed by atoms with Gasteiger partial charge in [0.15, 0.2) is 35.5 Å². The SMILES string of the molecule is CC(C)Nc1ncnc2c1ncn2[C@@H]1O[C@H](CO)[C@H](O[P+](=O)O)C1F. The molecule has 1 aliphatic rings. The van der Waals surface area contributed by atoms with Crippen LogP contribution in [0.15, 0.2) is 12.7 Å². The smallest absolute Gasteiger partial charge is 0.394 e. The number of rotatable bonds is 6. The fourth-order valence-corrected chi connectivity index (χ4v) is 3.17. The van der Waals surface area contributed by atoms with E-state index in [-0.39, 0.29) is 6.04 Å². The molecule has 0 bridgehead atoms. The van der Waals surface area contributed by atoms with Gasteiger partial charge in [-0.2, -0.15) is 0 Å². The van der Waals surface area contributed by atoms with E-state index in [1.165, 1.54) is 17.2 Å². The van der Waals surface area contributed by atoms with Crippen LogP contribution in [0.1, 0.15) is 20.1 Å². The first-order valence-corrected chi connectivity index (χ1v) is 8.72. The first-order valence-electron chi connectivity index (χ1n) is 7.59. The topological polar surface area (TPSA) is 132 Å². The van der Waals surface area contributed by atoms with Crippen LogP contribution < -0.4 is 5.32 Å². The molecule has 1 fully saturated rings. The average molecular weight is 374 g/mol. The maximum atomic E-state index is 14.7. The second kappa shape index (κ2) is 7.22. The second-order valence-corrected chi connectivity index (χ2v) is 6.53. The Morgan fingerprint density at radius 2 is 2.24 bits per heavy atom. The molecule has 5 atom stereocenters. The van der Waals surface area contributed by atoms with Gasteiger partial charge in [-0.25, -0.2) is 19.3 Å². The lowest BCUT2D eigenvalue weighted by atomic mass is 10.1. The third-order valence-corrected chi connectivity index (χ3v) is 4.14. The summed E-state index contributed by atoms with van der Waals surface area (Å²) in [6.45, 7) is 3.31. The molecule has 2 aromatic rings. The van der Waals surface area contributed by atoms with Gasteiger partial charge in [-0.3, -0.25) is 4.57 Å². The highest BCUT2D eigenvalue weighted by Crippen LogP contribution is 2.38. The number of halogens is 1. The Balaban J connectivity index is 1.95. The van der Waals surface area contributed by atoms with Gasteiger partial charge in [0, 0.05) is 10.6 Å². The Kier molecular flexibility index (Phi) is 5.21. The summed E-state index contributed by atoms with van der Waals surface area (Å²) in [6, 6.07) is 0.109. The van der Waals surface area contributed by atoms with Crippen molar-refractivity contribution in [1.82, 2.24) is 19.5 Å². The standard InChI is InChI=1S/C13H17FN5O5P/c1-6(2)18-11-9-12(16-4-15-11)19(5-17-9)13-8(14)10(24-25(21)22)7(3-20)23-13/h4-8,10,13,20H,3H2,1-2H3,(H-,15,16,18,21,22)/p+1/t7-,8?,10+,13-/m1/s1. The van der Waals surface area contributed by atoms with Gasteiger partial charge < -0.3 is 15.2 Å². The molecule has 1 aliphatic heterocycles. The van der Waals surface area contributed by atoms with E-state index in [0.717, 1.165) is 0 Å². The lowest BCUT2D eigenvalue weighted by Gasteiger charge is -2.15. The van der Waals surface area contributed by atoms with Crippen molar-refractivity contribution in [2.24, 2.45) is 0 Å². The highest BCUT2D eigenvalue weighted by molar-refractivity contribution is 7.32. The monoisotopic (exact) mass is 374 g/mol. The van der Waals surface area contributed by atoms with Crippen LogP contribution in [0, 0.1) is 0 Å². The van der Waals surface area contributed by atoms with Gasteiger partial charge in [-0.1, -0.05) is 0 Å². The van der Waals surface area contributed by atoms with Crippen LogP contribution in [0.3, 0.4) is 0 Å². The highest BCUT2D eigenvalue weighted by Gasteiger charge is 2.51. The summed E-state index contributed by atoms with van der Waals surface area (Å²) < 4.78 is 37.1. The van der Waals surface area contributed by atoms with E-state index in [0.29, 0.717) is 17.0 Å². The Hall–Kier alpha value is -1.78. The molecule has 2 aromatic heterocycles. The van der Waals surface area contributed by atoms with Crippen LogP contribution in [0.2, 0.25) is 0 Å². The molecule has 3 N–H and O–H groups in total. The van der Waals surface area contributed by atoms with Crippen molar-refractivity contribution in [2.45, 2.75) is 44.5 Å². The quantitative estimate of drug-likeness (QED) is 0.631. The first-order chi connectivity index (χ1) is 11.9. The van der Waals surface area contributed by atoms with E-state index < -0.39 is 39.5 Å². The van der Waals surface area contributed by atoms with Gasteiger partial charge in [0.25, 0.3) is 0 Å². The number of anilines is 1. The third-order valence-electron chi connectivity index (χ3n) is 3.72. The number of hydrogen-bond acceptors (Lipinski definition) is 8. The zero-order valence-corrected chi connectivity index (χ0v) is 14.4. The molecular weight excluding hydrogens is 356 g/mol. The molecule has 3 heterocycles. The molecule has 0 spiro atoms. The number of imidazole rings is 1. The number of nitrogens with one attached hydrogen (secondary N) is 1. The van der Waals surface area contributed by atoms with Crippen molar-refractivity contribution in [1.29, 1.82) is 0 Å². The van der Waals surface area contributed by atoms with Crippen LogP contribution >= 0.6 is 8.25 Å². The summed E-state index contributed by atoms with van der Waals surface area (Å²) in [4.78, 5) is 21.3. The average Bonchev–Trinajstić information content (AvgIpc) is 3.09. The molecule has 1 saturated heterocycles. The largest absolute Gasteiger partial charge is 0.695 e. The second-order valence-electron chi connectivity index (χ2n) is 5.85. The lowest BCUT2D eigenvalue weighted by molar-refractivity contribution is -0.0436. The Morgan fingerprint density at radius 3 is 2.88 bits per heavy atom. The van der Waals surface area contributed by atoms with E-state index in [1.54, 1.807) is 0 Å². The molecular formula is C13H18FN5O5P+. The number of aliphatic hydroxyl groups is 1. The maximum absolute atomic E-state index is 14.7. The zero-order valence-electron chi connectivity index (χ0n) is 13.5. The van der Waals surface area contributed by atoms with E-state index >= 15 is 0 Å². The fourth-order valence-electron chi connectivity index (χ4n) is 2.71. The van der Waals surface area contributed by atoms with Crippen molar-refractivity contribution < 1.29 is 28.2 Å². The Labute approximate surface area is 143 Å². The van der Waals surface area contributed by atoms with Gasteiger partial charge in [0.2, 0.25) is 0 Å². The summed E-state index contributed by atoms with van der Waals surface area (Å²) in [5.74, 6) is 0.497. The van der Waals surface area contributed by atoms with Crippen LogP contribution in [0.25, 0.3) is 11.2 Å². The van der Waals surface area contributed by atoms with Crippen molar-refractivity contribution in [3.63, 3.8) is 0 Å². The van der Waals surface area contributed by atoms with Crippen LogP contribution in [-0.2, 0) is 13.8 Å². The zero-order chi connectivity index (χ0) is 18.1. The number of hydrogen-bond donors (Lipinski definition) is 3. The first kappa shape index (κ1) is 18.0. The van der Waals surface area contributed by atoms with E-state index in [9.17, 15) is 14.1 Å². The maximum Gasteiger partial charge on any atom is 0.695 e. The Morgan fingerprint density at radius 1 is 1.48 bits per heavy atom. The number of alkyl halides is 1. The van der Waals surface area contributed by atoms with Gasteiger partial charge >= 0.3 is 8.25 Å². The summed E-state index contributed by atoms with van der Waals surface area (Å²) in [6.07, 6.45) is -2.80. The van der Waals surface area contributed by atoms with Crippen molar-refractivity contribution >= 4 is 25.2 Å². The molecule has 2 unspecified atom stereocenters. The minimum atomic E-state index is -3.04.